The van der Waals surface area contributed by atoms with Crippen molar-refractivity contribution in [2.24, 2.45) is 0 Å². The molecule has 0 saturated carbocycles. The van der Waals surface area contributed by atoms with Crippen molar-refractivity contribution >= 4 is 11.8 Å². The number of halogens is 2. The smallest absolute Gasteiger partial charge is 0.290 e. The maximum Gasteiger partial charge on any atom is 0.290 e. The van der Waals surface area contributed by atoms with Crippen LogP contribution in [0, 0.1) is 11.6 Å². The summed E-state index contributed by atoms with van der Waals surface area (Å²) >= 11 is 0. The summed E-state index contributed by atoms with van der Waals surface area (Å²) in [7, 11) is 0. The number of rotatable bonds is 4. The quantitative estimate of drug-likeness (QED) is 0.707. The molecule has 2 unspecified atom stereocenters. The molecule has 2 atom stereocenters. The van der Waals surface area contributed by atoms with E-state index < -0.39 is 35.5 Å². The molecule has 30 heavy (non-hydrogen) atoms. The number of hydrogen-bond acceptors (Lipinski definition) is 3. The molecule has 1 aliphatic heterocycles. The molecule has 2 heterocycles. The van der Waals surface area contributed by atoms with Crippen molar-refractivity contribution in [3.05, 3.63) is 94.9 Å². The summed E-state index contributed by atoms with van der Waals surface area (Å²) in [6.07, 6.45) is 1.73. The molecule has 1 aromatic heterocycles. The number of fused-ring (bicyclic) bond motifs is 1. The summed E-state index contributed by atoms with van der Waals surface area (Å²) in [6.45, 7) is 1.87. The van der Waals surface area contributed by atoms with Crippen molar-refractivity contribution in [3.8, 4) is 0 Å². The normalized spacial score (nSPS) is 16.6. The molecular formula is C23H20F2N2O3. The molecule has 0 aliphatic carbocycles. The van der Waals surface area contributed by atoms with Crippen LogP contribution in [0.1, 0.15) is 40.2 Å². The highest BCUT2D eigenvalue weighted by atomic mass is 19.1. The van der Waals surface area contributed by atoms with E-state index in [1.165, 1.54) is 17.2 Å². The Balaban J connectivity index is 1.60. The van der Waals surface area contributed by atoms with Gasteiger partial charge in [-0.1, -0.05) is 30.3 Å². The van der Waals surface area contributed by atoms with Gasteiger partial charge in [-0.3, -0.25) is 9.59 Å². The lowest BCUT2D eigenvalue weighted by Gasteiger charge is -2.36. The molecule has 7 heteroatoms. The van der Waals surface area contributed by atoms with Gasteiger partial charge in [0, 0.05) is 24.6 Å². The third-order valence-corrected chi connectivity index (χ3v) is 5.33. The van der Waals surface area contributed by atoms with Gasteiger partial charge in [0.1, 0.15) is 17.7 Å². The number of carbonyl (C=O) groups is 2. The van der Waals surface area contributed by atoms with E-state index in [0.29, 0.717) is 6.42 Å². The minimum absolute atomic E-state index is 0.143. The minimum atomic E-state index is -0.788. The minimum Gasteiger partial charge on any atom is -0.459 e. The van der Waals surface area contributed by atoms with Gasteiger partial charge >= 0.3 is 0 Å². The van der Waals surface area contributed by atoms with Crippen LogP contribution in [-0.4, -0.2) is 22.8 Å². The maximum absolute atomic E-state index is 14.1. The highest BCUT2D eigenvalue weighted by molar-refractivity contribution is 5.96. The predicted molar refractivity (Wildman–Crippen MR) is 105 cm³/mol. The largest absolute Gasteiger partial charge is 0.459 e. The van der Waals surface area contributed by atoms with Gasteiger partial charge < -0.3 is 14.6 Å². The maximum atomic E-state index is 14.1. The first-order valence-electron chi connectivity index (χ1n) is 9.60. The van der Waals surface area contributed by atoms with Crippen LogP contribution in [-0.2, 0) is 17.8 Å². The van der Waals surface area contributed by atoms with E-state index in [1.54, 1.807) is 19.1 Å². The number of carbonyl (C=O) groups excluding carboxylic acids is 2. The Morgan fingerprint density at radius 3 is 2.57 bits per heavy atom. The van der Waals surface area contributed by atoms with E-state index in [9.17, 15) is 18.4 Å². The fourth-order valence-electron chi connectivity index (χ4n) is 3.75. The second kappa shape index (κ2) is 8.10. The van der Waals surface area contributed by atoms with Crippen LogP contribution < -0.4 is 5.32 Å². The van der Waals surface area contributed by atoms with Crippen molar-refractivity contribution in [1.82, 2.24) is 10.2 Å². The van der Waals surface area contributed by atoms with Gasteiger partial charge in [0.25, 0.3) is 5.91 Å². The number of hydrogen-bond donors (Lipinski definition) is 1. The molecule has 154 valence electrons. The summed E-state index contributed by atoms with van der Waals surface area (Å²) < 4.78 is 32.5. The van der Waals surface area contributed by atoms with E-state index in [4.69, 9.17) is 4.42 Å². The topological polar surface area (TPSA) is 62.6 Å². The highest BCUT2D eigenvalue weighted by Gasteiger charge is 2.36. The molecule has 0 bridgehead atoms. The Labute approximate surface area is 172 Å². The molecular weight excluding hydrogens is 390 g/mol. The van der Waals surface area contributed by atoms with Crippen molar-refractivity contribution < 1.29 is 22.8 Å². The van der Waals surface area contributed by atoms with Gasteiger partial charge in [-0.2, -0.15) is 0 Å². The summed E-state index contributed by atoms with van der Waals surface area (Å²) in [5.74, 6) is -2.09. The SMILES string of the molecule is CC(NC(=O)C1Cc2ccccc2CN1C(=O)c1ccco1)c1ccc(F)cc1F. The fraction of sp³-hybridized carbons (Fsp3) is 0.217. The molecule has 4 rings (SSSR count). The number of benzene rings is 2. The highest BCUT2D eigenvalue weighted by Crippen LogP contribution is 2.26. The standard InChI is InChI=1S/C23H20F2N2O3/c1-14(18-9-8-17(24)12-19(18)25)26-22(28)20-11-15-5-2-3-6-16(15)13-27(20)23(29)21-7-4-10-30-21/h2-10,12,14,20H,11,13H2,1H3,(H,26,28). The van der Waals surface area contributed by atoms with Gasteiger partial charge in [-0.05, 0) is 36.2 Å². The summed E-state index contributed by atoms with van der Waals surface area (Å²) in [6, 6.07) is 12.5. The first-order chi connectivity index (χ1) is 14.4. The first kappa shape index (κ1) is 19.8. The van der Waals surface area contributed by atoms with Crippen molar-refractivity contribution in [2.45, 2.75) is 32.0 Å². The summed E-state index contributed by atoms with van der Waals surface area (Å²) in [4.78, 5) is 27.6. The zero-order valence-corrected chi connectivity index (χ0v) is 16.3. The fourth-order valence-corrected chi connectivity index (χ4v) is 3.75. The second-order valence-electron chi connectivity index (χ2n) is 7.30. The van der Waals surface area contributed by atoms with Crippen LogP contribution in [0.3, 0.4) is 0 Å². The first-order valence-corrected chi connectivity index (χ1v) is 9.60. The van der Waals surface area contributed by atoms with Gasteiger partial charge in [-0.25, -0.2) is 8.78 Å². The Bertz CT molecular complexity index is 1080. The average molecular weight is 410 g/mol. The molecule has 2 aromatic carbocycles. The Morgan fingerprint density at radius 2 is 1.87 bits per heavy atom. The third-order valence-electron chi connectivity index (χ3n) is 5.33. The zero-order valence-electron chi connectivity index (χ0n) is 16.3. The Morgan fingerprint density at radius 1 is 1.10 bits per heavy atom. The van der Waals surface area contributed by atoms with Crippen molar-refractivity contribution in [3.63, 3.8) is 0 Å². The van der Waals surface area contributed by atoms with E-state index >= 15 is 0 Å². The lowest BCUT2D eigenvalue weighted by molar-refractivity contribution is -0.126. The molecule has 0 fully saturated rings. The van der Waals surface area contributed by atoms with Crippen LogP contribution in [0.15, 0.2) is 65.3 Å². The second-order valence-corrected chi connectivity index (χ2v) is 7.30. The van der Waals surface area contributed by atoms with Crippen LogP contribution in [0.4, 0.5) is 8.78 Å². The van der Waals surface area contributed by atoms with Crippen molar-refractivity contribution in [1.29, 1.82) is 0 Å². The average Bonchev–Trinajstić information content (AvgIpc) is 3.27. The van der Waals surface area contributed by atoms with E-state index in [0.717, 1.165) is 23.3 Å². The molecule has 3 aromatic rings. The predicted octanol–water partition coefficient (Wildman–Crippen LogP) is 4.00. The third kappa shape index (κ3) is 3.83. The van der Waals surface area contributed by atoms with Crippen LogP contribution >= 0.6 is 0 Å². The monoisotopic (exact) mass is 410 g/mol. The van der Waals surface area contributed by atoms with Crippen LogP contribution in [0.2, 0.25) is 0 Å². The van der Waals surface area contributed by atoms with Gasteiger partial charge in [-0.15, -0.1) is 0 Å². The summed E-state index contributed by atoms with van der Waals surface area (Å²) in [5.41, 5.74) is 2.10. The van der Waals surface area contributed by atoms with Crippen LogP contribution in [0.25, 0.3) is 0 Å². The molecule has 5 nitrogen and oxygen atoms in total. The Hall–Kier alpha value is -3.48. The lowest BCUT2D eigenvalue weighted by atomic mass is 9.93. The molecule has 2 amide bonds. The molecule has 1 N–H and O–H groups in total. The van der Waals surface area contributed by atoms with E-state index in [1.807, 2.05) is 24.3 Å². The number of nitrogens with zero attached hydrogens (tertiary/aromatic N) is 1. The molecule has 0 spiro atoms. The molecule has 1 aliphatic rings. The summed E-state index contributed by atoms with van der Waals surface area (Å²) in [5, 5.41) is 2.76. The van der Waals surface area contributed by atoms with E-state index in [2.05, 4.69) is 5.32 Å². The van der Waals surface area contributed by atoms with Crippen molar-refractivity contribution in [2.75, 3.05) is 0 Å². The Kier molecular flexibility index (Phi) is 5.35. The van der Waals surface area contributed by atoms with Gasteiger partial charge in [0.05, 0.1) is 12.3 Å². The zero-order chi connectivity index (χ0) is 21.3. The number of nitrogens with one attached hydrogen (secondary N) is 1. The van der Waals surface area contributed by atoms with Gasteiger partial charge in [0.15, 0.2) is 5.76 Å². The number of amides is 2. The lowest BCUT2D eigenvalue weighted by Crippen LogP contribution is -2.52. The van der Waals surface area contributed by atoms with Crippen LogP contribution in [0.5, 0.6) is 0 Å². The van der Waals surface area contributed by atoms with Gasteiger partial charge in [0.2, 0.25) is 5.91 Å². The number of furan rings is 1. The molecule has 0 saturated heterocycles. The molecule has 0 radical (unpaired) electrons. The van der Waals surface area contributed by atoms with E-state index in [-0.39, 0.29) is 17.9 Å².